The van der Waals surface area contributed by atoms with Crippen LogP contribution in [0.3, 0.4) is 0 Å². The number of benzene rings is 1. The first kappa shape index (κ1) is 17.9. The molecule has 6 heteroatoms. The Bertz CT molecular complexity index is 970. The summed E-state index contributed by atoms with van der Waals surface area (Å²) in [4.78, 5) is 18.1. The lowest BCUT2D eigenvalue weighted by molar-refractivity contribution is 0.260. The molecule has 3 heterocycles. The van der Waals surface area contributed by atoms with E-state index in [2.05, 4.69) is 32.9 Å². The number of thiophene rings is 1. The Morgan fingerprint density at radius 2 is 2.07 bits per heavy atom. The number of nitrogens with zero attached hydrogens (tertiary/aromatic N) is 3. The van der Waals surface area contributed by atoms with Crippen molar-refractivity contribution in [1.29, 1.82) is 0 Å². The molecule has 4 rings (SSSR count). The van der Waals surface area contributed by atoms with Crippen molar-refractivity contribution in [2.45, 2.75) is 25.9 Å². The zero-order valence-electron chi connectivity index (χ0n) is 15.1. The summed E-state index contributed by atoms with van der Waals surface area (Å²) in [6.45, 7) is 3.60. The van der Waals surface area contributed by atoms with Crippen LogP contribution in [0.15, 0.2) is 53.8 Å². The number of carbonyl (C=O) groups excluding carboxylic acids is 1. The molecule has 0 amide bonds. The van der Waals surface area contributed by atoms with Gasteiger partial charge < -0.3 is 10.3 Å². The lowest BCUT2D eigenvalue weighted by Gasteiger charge is -2.27. The van der Waals surface area contributed by atoms with Gasteiger partial charge in [0.05, 0.1) is 5.69 Å². The third-order valence-corrected chi connectivity index (χ3v) is 6.34. The maximum atomic E-state index is 10.4. The van der Waals surface area contributed by atoms with Crippen molar-refractivity contribution in [3.05, 3.63) is 70.4 Å². The van der Waals surface area contributed by atoms with Crippen molar-refractivity contribution >= 4 is 23.1 Å². The summed E-state index contributed by atoms with van der Waals surface area (Å²) in [5.74, 6) is 0. The van der Waals surface area contributed by atoms with Crippen LogP contribution in [0.1, 0.15) is 21.6 Å². The van der Waals surface area contributed by atoms with Crippen molar-refractivity contribution in [2.75, 3.05) is 13.1 Å². The molecule has 2 aromatic heterocycles. The normalized spacial score (nSPS) is 14.0. The van der Waals surface area contributed by atoms with Gasteiger partial charge in [0.25, 0.3) is 0 Å². The third kappa shape index (κ3) is 3.80. The summed E-state index contributed by atoms with van der Waals surface area (Å²) >= 11 is 1.86. The number of rotatable bonds is 6. The molecule has 3 aromatic rings. The summed E-state index contributed by atoms with van der Waals surface area (Å²) in [5, 5.41) is 1.26. The highest BCUT2D eigenvalue weighted by Gasteiger charge is 2.24. The van der Waals surface area contributed by atoms with E-state index in [1.165, 1.54) is 26.6 Å². The van der Waals surface area contributed by atoms with Crippen LogP contribution in [0.5, 0.6) is 0 Å². The molecule has 0 radical (unpaired) electrons. The molecule has 0 saturated heterocycles. The predicted molar refractivity (Wildman–Crippen MR) is 108 cm³/mol. The average Bonchev–Trinajstić information content (AvgIpc) is 3.34. The zero-order chi connectivity index (χ0) is 18.6. The van der Waals surface area contributed by atoms with Crippen LogP contribution in [0.4, 0.5) is 5.69 Å². The largest absolute Gasteiger partial charge is 0.326 e. The topological polar surface area (TPSA) is 63.6 Å². The number of hydrogen-bond acceptors (Lipinski definition) is 5. The molecule has 0 saturated carbocycles. The van der Waals surface area contributed by atoms with Crippen molar-refractivity contribution < 1.29 is 4.79 Å². The van der Waals surface area contributed by atoms with Gasteiger partial charge in [0.15, 0.2) is 0 Å². The van der Waals surface area contributed by atoms with Crippen LogP contribution in [0, 0.1) is 0 Å². The third-order valence-electron chi connectivity index (χ3n) is 5.07. The molecular weight excluding hydrogens is 356 g/mol. The Balaban J connectivity index is 1.47. The van der Waals surface area contributed by atoms with E-state index in [1.54, 1.807) is 6.08 Å². The average molecular weight is 379 g/mol. The molecule has 27 heavy (non-hydrogen) atoms. The van der Waals surface area contributed by atoms with Crippen LogP contribution < -0.4 is 5.73 Å². The smallest absolute Gasteiger partial charge is 0.240 e. The van der Waals surface area contributed by atoms with Gasteiger partial charge in [0.1, 0.15) is 5.00 Å². The SMILES string of the molecule is NCc1c(-n2cccc2)sc2c1CCN(CCc1cccc(N=C=O)c1)C2. The van der Waals surface area contributed by atoms with Gasteiger partial charge in [-0.3, -0.25) is 4.90 Å². The molecule has 1 aliphatic heterocycles. The minimum Gasteiger partial charge on any atom is -0.326 e. The van der Waals surface area contributed by atoms with Gasteiger partial charge in [0.2, 0.25) is 6.08 Å². The van der Waals surface area contributed by atoms with E-state index in [1.807, 2.05) is 41.7 Å². The summed E-state index contributed by atoms with van der Waals surface area (Å²) in [7, 11) is 0. The highest BCUT2D eigenvalue weighted by Crippen LogP contribution is 2.35. The fourth-order valence-electron chi connectivity index (χ4n) is 3.71. The molecule has 5 nitrogen and oxygen atoms in total. The molecule has 138 valence electrons. The number of isocyanates is 1. The molecule has 0 bridgehead atoms. The molecule has 0 spiro atoms. The lowest BCUT2D eigenvalue weighted by Crippen LogP contribution is -2.31. The lowest BCUT2D eigenvalue weighted by atomic mass is 10.0. The molecule has 1 aromatic carbocycles. The van der Waals surface area contributed by atoms with E-state index in [4.69, 9.17) is 5.73 Å². The van der Waals surface area contributed by atoms with E-state index < -0.39 is 0 Å². The van der Waals surface area contributed by atoms with E-state index in [9.17, 15) is 4.79 Å². The second-order valence-corrected chi connectivity index (χ2v) is 7.81. The highest BCUT2D eigenvalue weighted by molar-refractivity contribution is 7.14. The minimum atomic E-state index is 0.587. The molecule has 2 N–H and O–H groups in total. The molecule has 0 aliphatic carbocycles. The summed E-state index contributed by atoms with van der Waals surface area (Å²) < 4.78 is 2.18. The maximum absolute atomic E-state index is 10.4. The molecular formula is C21H22N4OS. The van der Waals surface area contributed by atoms with E-state index in [0.717, 1.165) is 32.5 Å². The van der Waals surface area contributed by atoms with Crippen molar-refractivity contribution in [2.24, 2.45) is 10.7 Å². The second kappa shape index (κ2) is 8.03. The quantitative estimate of drug-likeness (QED) is 0.527. The van der Waals surface area contributed by atoms with Gasteiger partial charge in [-0.05, 0) is 48.2 Å². The van der Waals surface area contributed by atoms with Gasteiger partial charge in [-0.1, -0.05) is 12.1 Å². The van der Waals surface area contributed by atoms with E-state index >= 15 is 0 Å². The van der Waals surface area contributed by atoms with Gasteiger partial charge in [-0.15, -0.1) is 11.3 Å². The Kier molecular flexibility index (Phi) is 5.32. The van der Waals surface area contributed by atoms with Crippen molar-refractivity contribution in [3.8, 4) is 5.00 Å². The Labute approximate surface area is 162 Å². The first-order valence-electron chi connectivity index (χ1n) is 9.14. The first-order valence-corrected chi connectivity index (χ1v) is 9.96. The predicted octanol–water partition coefficient (Wildman–Crippen LogP) is 3.57. The summed E-state index contributed by atoms with van der Waals surface area (Å²) in [6.07, 6.45) is 7.77. The monoisotopic (exact) mass is 378 g/mol. The van der Waals surface area contributed by atoms with Gasteiger partial charge in [-0.25, -0.2) is 4.79 Å². The first-order chi connectivity index (χ1) is 13.3. The van der Waals surface area contributed by atoms with Crippen molar-refractivity contribution in [3.63, 3.8) is 0 Å². The molecule has 0 unspecified atom stereocenters. The van der Waals surface area contributed by atoms with E-state index in [0.29, 0.717) is 12.2 Å². The summed E-state index contributed by atoms with van der Waals surface area (Å²) in [6, 6.07) is 11.9. The Hall–Kier alpha value is -2.50. The molecule has 0 atom stereocenters. The van der Waals surface area contributed by atoms with Gasteiger partial charge in [0, 0.05) is 49.0 Å². The highest BCUT2D eigenvalue weighted by atomic mass is 32.1. The van der Waals surface area contributed by atoms with Crippen LogP contribution >= 0.6 is 11.3 Å². The maximum Gasteiger partial charge on any atom is 0.240 e. The Morgan fingerprint density at radius 1 is 1.22 bits per heavy atom. The minimum absolute atomic E-state index is 0.587. The number of hydrogen-bond donors (Lipinski definition) is 1. The van der Waals surface area contributed by atoms with Crippen LogP contribution in [0.2, 0.25) is 0 Å². The Morgan fingerprint density at radius 3 is 2.85 bits per heavy atom. The standard InChI is InChI=1S/C21H22N4OS/c22-13-19-18-7-11-24(10-6-16-4-3-5-17(12-16)23-15-26)14-20(18)27-21(19)25-8-1-2-9-25/h1-5,8-9,12H,6-7,10-11,13-14,22H2. The van der Waals surface area contributed by atoms with Crippen molar-refractivity contribution in [1.82, 2.24) is 9.47 Å². The van der Waals surface area contributed by atoms with E-state index in [-0.39, 0.29) is 0 Å². The summed E-state index contributed by atoms with van der Waals surface area (Å²) in [5.41, 5.74) is 10.7. The van der Waals surface area contributed by atoms with Crippen LogP contribution in [-0.2, 0) is 30.7 Å². The number of aromatic nitrogens is 1. The number of fused-ring (bicyclic) bond motifs is 1. The second-order valence-electron chi connectivity index (χ2n) is 6.73. The molecule has 1 aliphatic rings. The number of aliphatic imine (C=N–C) groups is 1. The zero-order valence-corrected chi connectivity index (χ0v) is 15.9. The van der Waals surface area contributed by atoms with Crippen LogP contribution in [0.25, 0.3) is 5.00 Å². The number of nitrogens with two attached hydrogens (primary N) is 1. The fraction of sp³-hybridized carbons (Fsp3) is 0.286. The molecule has 0 fully saturated rings. The van der Waals surface area contributed by atoms with Gasteiger partial charge in [-0.2, -0.15) is 4.99 Å². The fourth-order valence-corrected chi connectivity index (χ4v) is 5.09. The van der Waals surface area contributed by atoms with Gasteiger partial charge >= 0.3 is 0 Å². The van der Waals surface area contributed by atoms with Crippen LogP contribution in [-0.4, -0.2) is 28.6 Å².